The van der Waals surface area contributed by atoms with Gasteiger partial charge in [0.1, 0.15) is 5.82 Å². The maximum atomic E-state index is 13.0. The van der Waals surface area contributed by atoms with Crippen molar-refractivity contribution < 1.29 is 13.2 Å². The standard InChI is InChI=1S/C23H28N2O3S/c1-17-5-12-23(25-16-20(19-8-9-19)15-21(25)14-17)24-29(26,27)22-10-6-18(7-11-22)4-3-13-28-2/h5-7,10-12,15-16,19,24H,3-4,8-9,13-14H2,1-2H3. The number of hydrogen-bond donors (Lipinski definition) is 1. The molecule has 2 aliphatic rings. The van der Waals surface area contributed by atoms with Gasteiger partial charge in [-0.05, 0) is 73.9 Å². The van der Waals surface area contributed by atoms with Gasteiger partial charge in [0.15, 0.2) is 0 Å². The molecule has 154 valence electrons. The van der Waals surface area contributed by atoms with Crippen molar-refractivity contribution in [1.29, 1.82) is 0 Å². The average Bonchev–Trinajstić information content (AvgIpc) is 3.48. The highest BCUT2D eigenvalue weighted by molar-refractivity contribution is 7.89. The predicted molar refractivity (Wildman–Crippen MR) is 115 cm³/mol. The van der Waals surface area contributed by atoms with Crippen LogP contribution in [0.5, 0.6) is 0 Å². The summed E-state index contributed by atoms with van der Waals surface area (Å²) in [5.41, 5.74) is 4.75. The minimum Gasteiger partial charge on any atom is -0.385 e. The molecule has 0 saturated heterocycles. The van der Waals surface area contributed by atoms with Crippen LogP contribution < -0.4 is 4.72 Å². The number of methoxy groups -OCH3 is 1. The molecule has 0 unspecified atom stereocenters. The van der Waals surface area contributed by atoms with Gasteiger partial charge >= 0.3 is 0 Å². The Morgan fingerprint density at radius 3 is 2.62 bits per heavy atom. The molecule has 0 radical (unpaired) electrons. The minimum absolute atomic E-state index is 0.273. The third-order valence-electron chi connectivity index (χ3n) is 5.50. The Morgan fingerprint density at radius 1 is 1.17 bits per heavy atom. The van der Waals surface area contributed by atoms with Crippen LogP contribution in [0.1, 0.15) is 48.9 Å². The maximum absolute atomic E-state index is 13.0. The summed E-state index contributed by atoms with van der Waals surface area (Å²) in [7, 11) is -1.98. The third kappa shape index (κ3) is 4.65. The molecule has 1 aliphatic heterocycles. The molecule has 4 rings (SSSR count). The first-order chi connectivity index (χ1) is 14.0. The number of rotatable bonds is 8. The van der Waals surface area contributed by atoms with Crippen molar-refractivity contribution in [3.8, 4) is 0 Å². The van der Waals surface area contributed by atoms with Crippen molar-refractivity contribution in [2.45, 2.75) is 49.8 Å². The molecule has 1 aromatic heterocycles. The SMILES string of the molecule is COCCCc1ccc(S(=O)(=O)NC2=CC=C(C)Cc3cc(C4CC4)cn32)cc1. The summed E-state index contributed by atoms with van der Waals surface area (Å²) < 4.78 is 35.9. The summed E-state index contributed by atoms with van der Waals surface area (Å²) in [6.07, 6.45) is 11.0. The lowest BCUT2D eigenvalue weighted by Crippen LogP contribution is -2.25. The molecule has 5 nitrogen and oxygen atoms in total. The summed E-state index contributed by atoms with van der Waals surface area (Å²) in [6, 6.07) is 9.32. The first kappa shape index (κ1) is 20.0. The molecule has 6 heteroatoms. The molecular weight excluding hydrogens is 384 g/mol. The molecular formula is C23H28N2O3S. The maximum Gasteiger partial charge on any atom is 0.263 e. The van der Waals surface area contributed by atoms with Crippen LogP contribution >= 0.6 is 0 Å². The van der Waals surface area contributed by atoms with Gasteiger partial charge in [0.25, 0.3) is 10.0 Å². The van der Waals surface area contributed by atoms with Gasteiger partial charge in [-0.3, -0.25) is 4.72 Å². The van der Waals surface area contributed by atoms with Crippen LogP contribution in [0.25, 0.3) is 5.82 Å². The van der Waals surface area contributed by atoms with Crippen molar-refractivity contribution in [1.82, 2.24) is 9.29 Å². The average molecular weight is 413 g/mol. The summed E-state index contributed by atoms with van der Waals surface area (Å²) in [4.78, 5) is 0.273. The Kier molecular flexibility index (Phi) is 5.65. The van der Waals surface area contributed by atoms with E-state index in [2.05, 4.69) is 23.9 Å². The number of fused-ring (bicyclic) bond motifs is 1. The molecule has 1 fully saturated rings. The second-order valence-corrected chi connectivity index (χ2v) is 9.68. The molecule has 0 amide bonds. The lowest BCUT2D eigenvalue weighted by atomic mass is 10.1. The number of nitrogens with one attached hydrogen (secondary N) is 1. The minimum atomic E-state index is -3.67. The van der Waals surface area contributed by atoms with Crippen LogP contribution in [0.3, 0.4) is 0 Å². The van der Waals surface area contributed by atoms with Gasteiger partial charge in [-0.15, -0.1) is 0 Å². The molecule has 2 aromatic rings. The van der Waals surface area contributed by atoms with Crippen LogP contribution in [0.2, 0.25) is 0 Å². The number of nitrogens with zero attached hydrogens (tertiary/aromatic N) is 1. The number of benzene rings is 1. The molecule has 29 heavy (non-hydrogen) atoms. The molecule has 1 aliphatic carbocycles. The van der Waals surface area contributed by atoms with E-state index in [9.17, 15) is 8.42 Å². The summed E-state index contributed by atoms with van der Waals surface area (Å²) in [5, 5.41) is 0. The highest BCUT2D eigenvalue weighted by Crippen LogP contribution is 2.41. The summed E-state index contributed by atoms with van der Waals surface area (Å²) >= 11 is 0. The number of ether oxygens (including phenoxy) is 1. The quantitative estimate of drug-likeness (QED) is 0.660. The van der Waals surface area contributed by atoms with Gasteiger partial charge in [0.2, 0.25) is 0 Å². The van der Waals surface area contributed by atoms with E-state index in [-0.39, 0.29) is 4.90 Å². The van der Waals surface area contributed by atoms with E-state index in [1.54, 1.807) is 19.2 Å². The van der Waals surface area contributed by atoms with E-state index in [1.165, 1.54) is 24.0 Å². The van der Waals surface area contributed by atoms with Crippen LogP contribution in [-0.4, -0.2) is 26.7 Å². The second-order valence-electron chi connectivity index (χ2n) is 8.00. The van der Waals surface area contributed by atoms with Gasteiger partial charge in [-0.2, -0.15) is 0 Å². The highest BCUT2D eigenvalue weighted by Gasteiger charge is 2.27. The molecule has 0 bridgehead atoms. The van der Waals surface area contributed by atoms with E-state index in [0.29, 0.717) is 18.3 Å². The van der Waals surface area contributed by atoms with Gasteiger partial charge in [0.05, 0.1) is 4.90 Å². The zero-order valence-corrected chi connectivity index (χ0v) is 17.8. The highest BCUT2D eigenvalue weighted by atomic mass is 32.2. The predicted octanol–water partition coefficient (Wildman–Crippen LogP) is 4.22. The van der Waals surface area contributed by atoms with E-state index in [0.717, 1.165) is 30.5 Å². The van der Waals surface area contributed by atoms with Crippen LogP contribution in [0, 0.1) is 0 Å². The van der Waals surface area contributed by atoms with E-state index >= 15 is 0 Å². The van der Waals surface area contributed by atoms with E-state index in [1.807, 2.05) is 28.9 Å². The number of allylic oxidation sites excluding steroid dienone is 3. The largest absolute Gasteiger partial charge is 0.385 e. The van der Waals surface area contributed by atoms with Crippen molar-refractivity contribution in [3.63, 3.8) is 0 Å². The smallest absolute Gasteiger partial charge is 0.263 e. The fourth-order valence-electron chi connectivity index (χ4n) is 3.71. The van der Waals surface area contributed by atoms with Crippen molar-refractivity contribution in [2.75, 3.05) is 13.7 Å². The zero-order chi connectivity index (χ0) is 20.4. The van der Waals surface area contributed by atoms with E-state index in [4.69, 9.17) is 4.74 Å². The Balaban J connectivity index is 1.56. The van der Waals surface area contributed by atoms with Crippen LogP contribution in [0.4, 0.5) is 0 Å². The fraction of sp³-hybridized carbons (Fsp3) is 0.391. The number of aromatic nitrogens is 1. The lowest BCUT2D eigenvalue weighted by molar-refractivity contribution is 0.195. The van der Waals surface area contributed by atoms with Crippen molar-refractivity contribution in [3.05, 3.63) is 71.1 Å². The summed E-state index contributed by atoms with van der Waals surface area (Å²) in [5.74, 6) is 1.20. The topological polar surface area (TPSA) is 60.3 Å². The Labute approximate surface area is 173 Å². The van der Waals surface area contributed by atoms with Gasteiger partial charge in [0, 0.05) is 32.0 Å². The first-order valence-corrected chi connectivity index (χ1v) is 11.6. The second kappa shape index (κ2) is 8.20. The Bertz CT molecular complexity index is 1040. The molecule has 1 saturated carbocycles. The van der Waals surface area contributed by atoms with Crippen LogP contribution in [0.15, 0.2) is 59.1 Å². The van der Waals surface area contributed by atoms with Crippen molar-refractivity contribution >= 4 is 15.8 Å². The number of hydrogen-bond acceptors (Lipinski definition) is 3. The van der Waals surface area contributed by atoms with Gasteiger partial charge in [-0.1, -0.05) is 23.8 Å². The Morgan fingerprint density at radius 2 is 1.93 bits per heavy atom. The lowest BCUT2D eigenvalue weighted by Gasteiger charge is -2.15. The molecule has 0 spiro atoms. The Hall–Kier alpha value is -2.31. The molecule has 0 atom stereocenters. The van der Waals surface area contributed by atoms with E-state index < -0.39 is 10.0 Å². The third-order valence-corrected chi connectivity index (χ3v) is 6.87. The molecule has 1 N–H and O–H groups in total. The molecule has 2 heterocycles. The number of aryl methyl sites for hydroxylation is 1. The fourth-order valence-corrected chi connectivity index (χ4v) is 4.77. The number of sulfonamides is 1. The van der Waals surface area contributed by atoms with Crippen molar-refractivity contribution in [2.24, 2.45) is 0 Å². The van der Waals surface area contributed by atoms with Gasteiger partial charge < -0.3 is 9.30 Å². The monoisotopic (exact) mass is 412 g/mol. The van der Waals surface area contributed by atoms with Crippen LogP contribution in [-0.2, 0) is 27.6 Å². The van der Waals surface area contributed by atoms with Gasteiger partial charge in [-0.25, -0.2) is 8.42 Å². The summed E-state index contributed by atoms with van der Waals surface area (Å²) in [6.45, 7) is 2.77. The normalized spacial score (nSPS) is 16.6. The first-order valence-electron chi connectivity index (χ1n) is 10.2. The zero-order valence-electron chi connectivity index (χ0n) is 17.0. The molecule has 1 aromatic carbocycles.